The minimum absolute atomic E-state index is 0.118. The highest BCUT2D eigenvalue weighted by Gasteiger charge is 2.17. The summed E-state index contributed by atoms with van der Waals surface area (Å²) in [6, 6.07) is 2.11. The quantitative estimate of drug-likeness (QED) is 0.173. The molecule has 0 spiro atoms. The van der Waals surface area contributed by atoms with Gasteiger partial charge in [-0.2, -0.15) is 0 Å². The van der Waals surface area contributed by atoms with Gasteiger partial charge in [0.15, 0.2) is 5.78 Å². The van der Waals surface area contributed by atoms with Gasteiger partial charge in [0.25, 0.3) is 0 Å². The standard InChI is InChI=1S/C24H40O6/c1-2-3-12-18(25)15-19(26)13-10-8-6-4-5-7-9-11-14-21(28)24-22(29)16-20(27)17-23(24)30/h16-19,25-27,29-30H,2-15H2,1H3/t18-,19+/m0/s1. The van der Waals surface area contributed by atoms with Crippen LogP contribution >= 0.6 is 0 Å². The van der Waals surface area contributed by atoms with Gasteiger partial charge in [-0.25, -0.2) is 0 Å². The number of benzene rings is 1. The Morgan fingerprint density at radius 3 is 1.77 bits per heavy atom. The van der Waals surface area contributed by atoms with E-state index in [-0.39, 0.29) is 29.6 Å². The van der Waals surface area contributed by atoms with Crippen LogP contribution in [0.25, 0.3) is 0 Å². The molecule has 30 heavy (non-hydrogen) atoms. The number of Topliss-reactive ketones (excluding diaryl/α,β-unsaturated/α-hetero) is 1. The van der Waals surface area contributed by atoms with Crippen molar-refractivity contribution in [2.75, 3.05) is 0 Å². The zero-order valence-electron chi connectivity index (χ0n) is 18.4. The van der Waals surface area contributed by atoms with Gasteiger partial charge in [-0.3, -0.25) is 4.79 Å². The number of hydrogen-bond donors (Lipinski definition) is 5. The van der Waals surface area contributed by atoms with Crippen LogP contribution in [0.2, 0.25) is 0 Å². The monoisotopic (exact) mass is 424 g/mol. The molecule has 0 saturated carbocycles. The minimum Gasteiger partial charge on any atom is -0.508 e. The van der Waals surface area contributed by atoms with Gasteiger partial charge in [0.05, 0.1) is 12.2 Å². The number of rotatable bonds is 17. The Morgan fingerprint density at radius 1 is 0.767 bits per heavy atom. The molecular weight excluding hydrogens is 384 g/mol. The van der Waals surface area contributed by atoms with Crippen LogP contribution < -0.4 is 0 Å². The molecule has 0 heterocycles. The second-order valence-corrected chi connectivity index (χ2v) is 8.33. The molecule has 0 aliphatic carbocycles. The Kier molecular flexibility index (Phi) is 13.2. The third kappa shape index (κ3) is 10.8. The fourth-order valence-corrected chi connectivity index (χ4v) is 3.72. The van der Waals surface area contributed by atoms with Gasteiger partial charge in [-0.15, -0.1) is 0 Å². The van der Waals surface area contributed by atoms with Gasteiger partial charge in [-0.1, -0.05) is 64.7 Å². The number of hydrogen-bond acceptors (Lipinski definition) is 6. The van der Waals surface area contributed by atoms with E-state index in [1.54, 1.807) is 0 Å². The van der Waals surface area contributed by atoms with Crippen LogP contribution in [0.5, 0.6) is 17.2 Å². The summed E-state index contributed by atoms with van der Waals surface area (Å²) >= 11 is 0. The maximum absolute atomic E-state index is 12.1. The highest BCUT2D eigenvalue weighted by Crippen LogP contribution is 2.33. The summed E-state index contributed by atoms with van der Waals surface area (Å²) in [4.78, 5) is 12.1. The number of carbonyl (C=O) groups excluding carboxylic acids is 1. The first-order chi connectivity index (χ1) is 14.3. The Balaban J connectivity index is 2.02. The molecule has 6 heteroatoms. The van der Waals surface area contributed by atoms with Crippen molar-refractivity contribution < 1.29 is 30.3 Å². The largest absolute Gasteiger partial charge is 0.508 e. The lowest BCUT2D eigenvalue weighted by Gasteiger charge is -2.15. The predicted octanol–water partition coefficient (Wildman–Crippen LogP) is 5.19. The first-order valence-corrected chi connectivity index (χ1v) is 11.5. The number of carbonyl (C=O) groups is 1. The molecule has 0 amide bonds. The lowest BCUT2D eigenvalue weighted by atomic mass is 10.00. The first kappa shape index (κ1) is 26.2. The molecule has 5 N–H and O–H groups in total. The number of aromatic hydroxyl groups is 3. The zero-order valence-corrected chi connectivity index (χ0v) is 18.4. The Hall–Kier alpha value is -1.79. The number of unbranched alkanes of at least 4 members (excludes halogenated alkanes) is 8. The van der Waals surface area contributed by atoms with Crippen LogP contribution in [0.4, 0.5) is 0 Å². The van der Waals surface area contributed by atoms with E-state index in [1.807, 2.05) is 0 Å². The number of phenolic OH excluding ortho intramolecular Hbond substituents is 3. The van der Waals surface area contributed by atoms with Crippen LogP contribution in [0.3, 0.4) is 0 Å². The molecule has 0 aliphatic rings. The topological polar surface area (TPSA) is 118 Å². The molecule has 6 nitrogen and oxygen atoms in total. The van der Waals surface area contributed by atoms with Gasteiger partial charge in [0.1, 0.15) is 22.8 Å². The minimum atomic E-state index is -0.401. The number of phenols is 3. The molecule has 0 aliphatic heterocycles. The molecule has 0 aromatic heterocycles. The fraction of sp³-hybridized carbons (Fsp3) is 0.708. The van der Waals surface area contributed by atoms with E-state index >= 15 is 0 Å². The van der Waals surface area contributed by atoms with E-state index in [2.05, 4.69) is 6.92 Å². The highest BCUT2D eigenvalue weighted by atomic mass is 16.3. The van der Waals surface area contributed by atoms with E-state index in [0.29, 0.717) is 12.8 Å². The van der Waals surface area contributed by atoms with E-state index in [0.717, 1.165) is 82.8 Å². The second-order valence-electron chi connectivity index (χ2n) is 8.33. The van der Waals surface area contributed by atoms with Crippen LogP contribution in [0.1, 0.15) is 107 Å². The maximum Gasteiger partial charge on any atom is 0.170 e. The molecule has 0 bridgehead atoms. The van der Waals surface area contributed by atoms with Crippen molar-refractivity contribution in [2.24, 2.45) is 0 Å². The highest BCUT2D eigenvalue weighted by molar-refractivity contribution is 6.01. The summed E-state index contributed by atoms with van der Waals surface area (Å²) in [7, 11) is 0. The first-order valence-electron chi connectivity index (χ1n) is 11.5. The molecule has 1 aromatic carbocycles. The van der Waals surface area contributed by atoms with E-state index < -0.39 is 17.6 Å². The average molecular weight is 425 g/mol. The Bertz CT molecular complexity index is 593. The van der Waals surface area contributed by atoms with E-state index in [1.165, 1.54) is 0 Å². The molecule has 1 aromatic rings. The van der Waals surface area contributed by atoms with E-state index in [4.69, 9.17) is 0 Å². The van der Waals surface area contributed by atoms with Crippen molar-refractivity contribution in [1.29, 1.82) is 0 Å². The van der Waals surface area contributed by atoms with Crippen molar-refractivity contribution in [1.82, 2.24) is 0 Å². The third-order valence-corrected chi connectivity index (χ3v) is 5.49. The van der Waals surface area contributed by atoms with Crippen LogP contribution in [-0.2, 0) is 0 Å². The maximum atomic E-state index is 12.1. The Morgan fingerprint density at radius 2 is 1.23 bits per heavy atom. The van der Waals surface area contributed by atoms with Crippen molar-refractivity contribution in [3.05, 3.63) is 17.7 Å². The molecule has 2 atom stereocenters. The third-order valence-electron chi connectivity index (χ3n) is 5.49. The van der Waals surface area contributed by atoms with Crippen molar-refractivity contribution in [3.63, 3.8) is 0 Å². The van der Waals surface area contributed by atoms with E-state index in [9.17, 15) is 30.3 Å². The summed E-state index contributed by atoms with van der Waals surface area (Å²) < 4.78 is 0. The summed E-state index contributed by atoms with van der Waals surface area (Å²) in [5, 5.41) is 48.5. The van der Waals surface area contributed by atoms with Gasteiger partial charge in [0.2, 0.25) is 0 Å². The summed E-state index contributed by atoms with van der Waals surface area (Å²) in [6.45, 7) is 2.10. The molecule has 0 unspecified atom stereocenters. The van der Waals surface area contributed by atoms with Crippen molar-refractivity contribution >= 4 is 5.78 Å². The molecular formula is C24H40O6. The number of ketones is 1. The molecule has 1 rings (SSSR count). The fourth-order valence-electron chi connectivity index (χ4n) is 3.72. The smallest absolute Gasteiger partial charge is 0.170 e. The van der Waals surface area contributed by atoms with Gasteiger partial charge < -0.3 is 25.5 Å². The molecule has 0 radical (unpaired) electrons. The van der Waals surface area contributed by atoms with Crippen molar-refractivity contribution in [2.45, 2.75) is 109 Å². The van der Waals surface area contributed by atoms with Gasteiger partial charge >= 0.3 is 0 Å². The van der Waals surface area contributed by atoms with Gasteiger partial charge in [0, 0.05) is 18.6 Å². The van der Waals surface area contributed by atoms with Crippen LogP contribution in [0, 0.1) is 0 Å². The van der Waals surface area contributed by atoms with Crippen LogP contribution in [0.15, 0.2) is 12.1 Å². The second kappa shape index (κ2) is 15.1. The number of aliphatic hydroxyl groups excluding tert-OH is 2. The summed E-state index contributed by atoms with van der Waals surface area (Å²) in [5.74, 6) is -1.37. The molecule has 172 valence electrons. The predicted molar refractivity (Wildman–Crippen MR) is 118 cm³/mol. The van der Waals surface area contributed by atoms with Crippen LogP contribution in [-0.4, -0.2) is 43.5 Å². The Labute approximate surface area is 180 Å². The SMILES string of the molecule is CCCC[C@H](O)C[C@H](O)CCCCCCCCCCC(=O)c1c(O)cc(O)cc1O. The lowest BCUT2D eigenvalue weighted by molar-refractivity contribution is 0.0683. The van der Waals surface area contributed by atoms with Crippen molar-refractivity contribution in [3.8, 4) is 17.2 Å². The lowest BCUT2D eigenvalue weighted by Crippen LogP contribution is -2.17. The zero-order chi connectivity index (χ0) is 22.4. The summed E-state index contributed by atoms with van der Waals surface area (Å²) in [5.41, 5.74) is -0.118. The average Bonchev–Trinajstić information content (AvgIpc) is 2.66. The number of aliphatic hydroxyl groups is 2. The molecule has 0 saturated heterocycles. The normalized spacial score (nSPS) is 13.3. The molecule has 0 fully saturated rings. The van der Waals surface area contributed by atoms with Gasteiger partial charge in [-0.05, 0) is 25.7 Å². The summed E-state index contributed by atoms with van der Waals surface area (Å²) in [6.07, 6.45) is 11.6.